The Morgan fingerprint density at radius 3 is 2.55 bits per heavy atom. The number of hydrogen-bond donors (Lipinski definition) is 0. The molecule has 0 saturated heterocycles. The topological polar surface area (TPSA) is 54.5 Å². The van der Waals surface area contributed by atoms with Gasteiger partial charge >= 0.3 is 0 Å². The molecule has 0 aliphatic heterocycles. The second-order valence-electron chi connectivity index (χ2n) is 5.11. The quantitative estimate of drug-likeness (QED) is 0.622. The smallest absolute Gasteiger partial charge is 0.197 e. The number of benzene rings is 1. The van der Waals surface area contributed by atoms with Crippen LogP contribution in [0.1, 0.15) is 9.67 Å². The van der Waals surface area contributed by atoms with Gasteiger partial charge < -0.3 is 4.90 Å². The van der Waals surface area contributed by atoms with Crippen LogP contribution in [-0.4, -0.2) is 39.5 Å². The van der Waals surface area contributed by atoms with Gasteiger partial charge in [-0.15, -0.1) is 11.3 Å². The van der Waals surface area contributed by atoms with E-state index in [1.165, 1.54) is 23.7 Å². The summed E-state index contributed by atoms with van der Waals surface area (Å²) in [7, 11) is 0.455. The van der Waals surface area contributed by atoms with Crippen LogP contribution in [0.3, 0.4) is 0 Å². The zero-order chi connectivity index (χ0) is 16.3. The van der Waals surface area contributed by atoms with Gasteiger partial charge in [-0.25, -0.2) is 8.42 Å². The fourth-order valence-corrected chi connectivity index (χ4v) is 3.39. The first-order chi connectivity index (χ1) is 10.3. The minimum Gasteiger partial charge on any atom is -0.383 e. The standard InChI is InChI=1S/C16H17NO3S2/c1-17(2)10-9-14(18)16-8-7-15(21-16)12-5-4-6-13(11-12)22(3,19)20/h4-11H,1-3H3/b10-9+. The Morgan fingerprint density at radius 2 is 1.91 bits per heavy atom. The highest BCUT2D eigenvalue weighted by Crippen LogP contribution is 2.30. The van der Waals surface area contributed by atoms with Gasteiger partial charge in [0.25, 0.3) is 0 Å². The van der Waals surface area contributed by atoms with E-state index in [4.69, 9.17) is 0 Å². The molecule has 4 nitrogen and oxygen atoms in total. The van der Waals surface area contributed by atoms with E-state index in [-0.39, 0.29) is 10.7 Å². The molecule has 6 heteroatoms. The van der Waals surface area contributed by atoms with Gasteiger partial charge in [0.15, 0.2) is 15.6 Å². The third kappa shape index (κ3) is 4.05. The number of sulfone groups is 1. The highest BCUT2D eigenvalue weighted by Gasteiger charge is 2.11. The molecule has 0 aliphatic carbocycles. The fraction of sp³-hybridized carbons (Fsp3) is 0.188. The number of carbonyl (C=O) groups is 1. The van der Waals surface area contributed by atoms with Crippen molar-refractivity contribution in [1.29, 1.82) is 0 Å². The predicted octanol–water partition coefficient (Wildman–Crippen LogP) is 3.08. The summed E-state index contributed by atoms with van der Waals surface area (Å²) < 4.78 is 23.2. The van der Waals surface area contributed by atoms with E-state index in [1.54, 1.807) is 35.4 Å². The van der Waals surface area contributed by atoms with Crippen molar-refractivity contribution in [2.45, 2.75) is 4.90 Å². The van der Waals surface area contributed by atoms with Gasteiger partial charge in [0.2, 0.25) is 0 Å². The number of thiophene rings is 1. The van der Waals surface area contributed by atoms with Crippen LogP contribution in [0, 0.1) is 0 Å². The first kappa shape index (κ1) is 16.5. The number of allylic oxidation sites excluding steroid dienone is 1. The van der Waals surface area contributed by atoms with Crippen molar-refractivity contribution in [3.8, 4) is 10.4 Å². The Kier molecular flexibility index (Phi) is 4.83. The zero-order valence-corrected chi connectivity index (χ0v) is 14.2. The van der Waals surface area contributed by atoms with Crippen molar-refractivity contribution in [2.24, 2.45) is 0 Å². The van der Waals surface area contributed by atoms with E-state index in [1.807, 2.05) is 26.2 Å². The molecule has 0 amide bonds. The summed E-state index contributed by atoms with van der Waals surface area (Å²) in [5.41, 5.74) is 0.795. The lowest BCUT2D eigenvalue weighted by Gasteiger charge is -2.02. The zero-order valence-electron chi connectivity index (χ0n) is 12.6. The van der Waals surface area contributed by atoms with E-state index in [9.17, 15) is 13.2 Å². The van der Waals surface area contributed by atoms with E-state index in [2.05, 4.69) is 0 Å². The average molecular weight is 335 g/mol. The summed E-state index contributed by atoms with van der Waals surface area (Å²) in [4.78, 5) is 15.6. The van der Waals surface area contributed by atoms with Crippen LogP contribution >= 0.6 is 11.3 Å². The molecular weight excluding hydrogens is 318 g/mol. The number of nitrogens with zero attached hydrogens (tertiary/aromatic N) is 1. The van der Waals surface area contributed by atoms with E-state index < -0.39 is 9.84 Å². The molecule has 1 heterocycles. The molecule has 1 aromatic carbocycles. The van der Waals surface area contributed by atoms with Crippen LogP contribution in [0.5, 0.6) is 0 Å². The van der Waals surface area contributed by atoms with Crippen molar-refractivity contribution < 1.29 is 13.2 Å². The van der Waals surface area contributed by atoms with Crippen molar-refractivity contribution >= 4 is 27.0 Å². The third-order valence-corrected chi connectivity index (χ3v) is 5.18. The molecule has 2 aromatic rings. The maximum absolute atomic E-state index is 12.0. The molecule has 0 N–H and O–H groups in total. The molecule has 0 saturated carbocycles. The van der Waals surface area contributed by atoms with E-state index in [0.717, 1.165) is 10.4 Å². The Hall–Kier alpha value is -1.92. The molecule has 0 atom stereocenters. The molecule has 0 fully saturated rings. The highest BCUT2D eigenvalue weighted by molar-refractivity contribution is 7.90. The van der Waals surface area contributed by atoms with Gasteiger partial charge in [-0.3, -0.25) is 4.79 Å². The van der Waals surface area contributed by atoms with Crippen molar-refractivity contribution in [2.75, 3.05) is 20.4 Å². The molecule has 0 spiro atoms. The molecule has 0 aliphatic rings. The normalized spacial score (nSPS) is 11.8. The monoisotopic (exact) mass is 335 g/mol. The van der Waals surface area contributed by atoms with Gasteiger partial charge in [0.1, 0.15) is 0 Å². The Morgan fingerprint density at radius 1 is 1.18 bits per heavy atom. The summed E-state index contributed by atoms with van der Waals surface area (Å²) in [6.07, 6.45) is 4.40. The summed E-state index contributed by atoms with van der Waals surface area (Å²) >= 11 is 1.35. The Balaban J connectivity index is 2.31. The maximum Gasteiger partial charge on any atom is 0.197 e. The molecule has 116 valence electrons. The molecule has 22 heavy (non-hydrogen) atoms. The van der Waals surface area contributed by atoms with Crippen molar-refractivity contribution in [3.05, 3.63) is 53.6 Å². The lowest BCUT2D eigenvalue weighted by molar-refractivity contribution is 0.104. The van der Waals surface area contributed by atoms with Crippen LogP contribution < -0.4 is 0 Å². The average Bonchev–Trinajstić information content (AvgIpc) is 2.94. The van der Waals surface area contributed by atoms with E-state index in [0.29, 0.717) is 4.88 Å². The van der Waals surface area contributed by atoms with Crippen molar-refractivity contribution in [1.82, 2.24) is 4.90 Å². The lowest BCUT2D eigenvalue weighted by Crippen LogP contribution is -2.02. The van der Waals surface area contributed by atoms with Crippen LogP contribution in [0.25, 0.3) is 10.4 Å². The van der Waals surface area contributed by atoms with Crippen LogP contribution in [0.2, 0.25) is 0 Å². The SMILES string of the molecule is CN(C)/C=C/C(=O)c1ccc(-c2cccc(S(C)(=O)=O)c2)s1. The molecule has 2 rings (SSSR count). The lowest BCUT2D eigenvalue weighted by atomic mass is 10.2. The number of hydrogen-bond acceptors (Lipinski definition) is 5. The Labute approximate surface area is 134 Å². The van der Waals surface area contributed by atoms with Gasteiger partial charge in [0.05, 0.1) is 9.77 Å². The first-order valence-electron chi connectivity index (χ1n) is 6.56. The molecule has 0 radical (unpaired) electrons. The first-order valence-corrected chi connectivity index (χ1v) is 9.27. The number of rotatable bonds is 5. The molecule has 0 unspecified atom stereocenters. The van der Waals surface area contributed by atoms with Crippen molar-refractivity contribution in [3.63, 3.8) is 0 Å². The fourth-order valence-electron chi connectivity index (χ4n) is 1.80. The second kappa shape index (κ2) is 6.46. The van der Waals surface area contributed by atoms with Gasteiger partial charge in [0, 0.05) is 37.5 Å². The summed E-state index contributed by atoms with van der Waals surface area (Å²) in [6.45, 7) is 0. The van der Waals surface area contributed by atoms with Gasteiger partial charge in [-0.2, -0.15) is 0 Å². The minimum atomic E-state index is -3.24. The van der Waals surface area contributed by atoms with E-state index >= 15 is 0 Å². The maximum atomic E-state index is 12.0. The summed E-state index contributed by atoms with van der Waals surface area (Å²) in [5.74, 6) is -0.0655. The van der Waals surface area contributed by atoms with Crippen LogP contribution in [0.15, 0.2) is 53.6 Å². The molecular formula is C16H17NO3S2. The Bertz CT molecular complexity index is 817. The third-order valence-electron chi connectivity index (χ3n) is 2.92. The van der Waals surface area contributed by atoms with Crippen LogP contribution in [0.4, 0.5) is 0 Å². The second-order valence-corrected chi connectivity index (χ2v) is 8.21. The number of carbonyl (C=O) groups excluding carboxylic acids is 1. The summed E-state index contributed by atoms with van der Waals surface area (Å²) in [6, 6.07) is 10.3. The largest absolute Gasteiger partial charge is 0.383 e. The predicted molar refractivity (Wildman–Crippen MR) is 90.0 cm³/mol. The van der Waals surface area contributed by atoms with Gasteiger partial charge in [-0.1, -0.05) is 12.1 Å². The molecule has 1 aromatic heterocycles. The van der Waals surface area contributed by atoms with Crippen LogP contribution in [-0.2, 0) is 9.84 Å². The molecule has 0 bridgehead atoms. The highest BCUT2D eigenvalue weighted by atomic mass is 32.2. The summed E-state index contributed by atoms with van der Waals surface area (Å²) in [5, 5.41) is 0. The number of ketones is 1. The minimum absolute atomic E-state index is 0.0655. The van der Waals surface area contributed by atoms with Gasteiger partial charge in [-0.05, 0) is 29.8 Å².